The number of esters is 2. The van der Waals surface area contributed by atoms with Crippen molar-refractivity contribution in [2.24, 2.45) is 10.8 Å². The smallest absolute Gasteiger partial charge is 0.311 e. The lowest BCUT2D eigenvalue weighted by atomic mass is 9.81. The van der Waals surface area contributed by atoms with Crippen molar-refractivity contribution in [1.29, 1.82) is 0 Å². The molecule has 1 rings (SSSR count). The van der Waals surface area contributed by atoms with Crippen LogP contribution in [0.15, 0.2) is 12.1 Å². The number of ether oxygens (including phenoxy) is 4. The third-order valence-corrected chi connectivity index (χ3v) is 7.13. The van der Waals surface area contributed by atoms with Gasteiger partial charge in [0.25, 0.3) is 0 Å². The van der Waals surface area contributed by atoms with Crippen molar-refractivity contribution in [3.8, 4) is 11.5 Å². The fourth-order valence-electron chi connectivity index (χ4n) is 3.46. The van der Waals surface area contributed by atoms with E-state index in [0.29, 0.717) is 39.3 Å². The first-order valence-electron chi connectivity index (χ1n) is 14.2. The highest BCUT2D eigenvalue weighted by Gasteiger charge is 2.29. The van der Waals surface area contributed by atoms with Gasteiger partial charge in [0.2, 0.25) is 0 Å². The molecule has 0 aliphatic carbocycles. The van der Waals surface area contributed by atoms with Crippen LogP contribution in [-0.2, 0) is 29.9 Å². The molecule has 0 saturated carbocycles. The predicted molar refractivity (Wildman–Crippen MR) is 154 cm³/mol. The Labute approximate surface area is 232 Å². The van der Waals surface area contributed by atoms with Crippen LogP contribution < -0.4 is 9.47 Å². The molecular weight excluding hydrogens is 480 g/mol. The molecule has 0 atom stereocenters. The molecule has 1 aromatic rings. The minimum absolute atomic E-state index is 0.164. The Morgan fingerprint density at radius 2 is 0.895 bits per heavy atom. The molecule has 218 valence electrons. The number of hydrogen-bond donors (Lipinski definition) is 0. The number of hydrogen-bond acceptors (Lipinski definition) is 6. The molecule has 0 spiro atoms. The van der Waals surface area contributed by atoms with Crippen LogP contribution in [-0.4, -0.2) is 38.4 Å². The minimum atomic E-state index is -0.467. The van der Waals surface area contributed by atoms with E-state index in [1.165, 1.54) is 0 Å². The van der Waals surface area contributed by atoms with E-state index in [-0.39, 0.29) is 22.8 Å². The summed E-state index contributed by atoms with van der Waals surface area (Å²) in [4.78, 5) is 24.4. The Kier molecular flexibility index (Phi) is 12.2. The van der Waals surface area contributed by atoms with Crippen molar-refractivity contribution in [3.63, 3.8) is 0 Å². The summed E-state index contributed by atoms with van der Waals surface area (Å²) >= 11 is 0. The van der Waals surface area contributed by atoms with Crippen LogP contribution in [0.25, 0.3) is 0 Å². The van der Waals surface area contributed by atoms with Gasteiger partial charge in [0.05, 0.1) is 37.3 Å². The number of rotatable bonds is 14. The highest BCUT2D eigenvalue weighted by atomic mass is 16.5. The van der Waals surface area contributed by atoms with E-state index in [4.69, 9.17) is 18.9 Å². The van der Waals surface area contributed by atoms with Crippen molar-refractivity contribution in [2.75, 3.05) is 26.4 Å². The third kappa shape index (κ3) is 10.1. The highest BCUT2D eigenvalue weighted by Crippen LogP contribution is 2.41. The second-order valence-corrected chi connectivity index (χ2v) is 13.5. The average Bonchev–Trinajstić information content (AvgIpc) is 2.82. The van der Waals surface area contributed by atoms with Crippen molar-refractivity contribution in [1.82, 2.24) is 0 Å². The molecule has 0 amide bonds. The molecule has 0 aliphatic heterocycles. The second-order valence-electron chi connectivity index (χ2n) is 13.5. The summed E-state index contributed by atoms with van der Waals surface area (Å²) in [5.41, 5.74) is 0.851. The first-order chi connectivity index (χ1) is 17.4. The molecule has 6 nitrogen and oxygen atoms in total. The molecule has 0 aromatic heterocycles. The van der Waals surface area contributed by atoms with E-state index in [9.17, 15) is 9.59 Å². The zero-order valence-corrected chi connectivity index (χ0v) is 26.3. The second kappa shape index (κ2) is 13.7. The van der Waals surface area contributed by atoms with E-state index in [1.807, 2.05) is 41.5 Å². The van der Waals surface area contributed by atoms with Gasteiger partial charge in [-0.3, -0.25) is 9.59 Å². The Morgan fingerprint density at radius 1 is 0.579 bits per heavy atom. The fourth-order valence-corrected chi connectivity index (χ4v) is 3.46. The van der Waals surface area contributed by atoms with Gasteiger partial charge in [0, 0.05) is 24.0 Å². The van der Waals surface area contributed by atoms with E-state index in [2.05, 4.69) is 53.7 Å². The zero-order valence-electron chi connectivity index (χ0n) is 26.3. The quantitative estimate of drug-likeness (QED) is 0.179. The van der Waals surface area contributed by atoms with Gasteiger partial charge < -0.3 is 18.9 Å². The molecule has 0 fully saturated rings. The third-order valence-electron chi connectivity index (χ3n) is 7.13. The van der Waals surface area contributed by atoms with Gasteiger partial charge in [-0.15, -0.1) is 0 Å². The first kappa shape index (κ1) is 33.8. The Morgan fingerprint density at radius 3 is 1.16 bits per heavy atom. The van der Waals surface area contributed by atoms with Crippen LogP contribution >= 0.6 is 0 Å². The normalized spacial score (nSPS) is 12.7. The van der Waals surface area contributed by atoms with Gasteiger partial charge in [-0.05, 0) is 63.5 Å². The lowest BCUT2D eigenvalue weighted by Crippen LogP contribution is -2.26. The minimum Gasteiger partial charge on any atom is -0.493 e. The first-order valence-corrected chi connectivity index (χ1v) is 14.2. The summed E-state index contributed by atoms with van der Waals surface area (Å²) in [7, 11) is 0. The predicted octanol–water partition coefficient (Wildman–Crippen LogP) is 7.78. The maximum atomic E-state index is 12.2. The van der Waals surface area contributed by atoms with Crippen molar-refractivity contribution < 1.29 is 28.5 Å². The van der Waals surface area contributed by atoms with Gasteiger partial charge in [0.15, 0.2) is 0 Å². The van der Waals surface area contributed by atoms with E-state index in [1.54, 1.807) is 0 Å². The molecule has 0 radical (unpaired) electrons. The Bertz CT molecular complexity index is 839. The molecule has 0 unspecified atom stereocenters. The topological polar surface area (TPSA) is 71.1 Å². The summed E-state index contributed by atoms with van der Waals surface area (Å²) in [5.74, 6) is 1.31. The summed E-state index contributed by atoms with van der Waals surface area (Å²) in [6.07, 6.45) is 2.71. The number of benzene rings is 1. The molecule has 0 bridgehead atoms. The maximum absolute atomic E-state index is 12.2. The molecular formula is C32H54O6. The van der Waals surface area contributed by atoms with Crippen molar-refractivity contribution in [3.05, 3.63) is 23.3 Å². The number of carbonyl (C=O) groups excluding carboxylic acids is 2. The van der Waals surface area contributed by atoms with Crippen molar-refractivity contribution >= 4 is 11.9 Å². The fraction of sp³-hybridized carbons (Fsp3) is 0.750. The average molecular weight is 535 g/mol. The monoisotopic (exact) mass is 534 g/mol. The van der Waals surface area contributed by atoms with Gasteiger partial charge in [-0.1, -0.05) is 55.4 Å². The Hall–Kier alpha value is -2.24. The maximum Gasteiger partial charge on any atom is 0.311 e. The summed E-state index contributed by atoms with van der Waals surface area (Å²) < 4.78 is 23.4. The van der Waals surface area contributed by atoms with Gasteiger partial charge >= 0.3 is 11.9 Å². The molecule has 1 aromatic carbocycles. The van der Waals surface area contributed by atoms with Crippen molar-refractivity contribution in [2.45, 2.75) is 120 Å². The lowest BCUT2D eigenvalue weighted by molar-refractivity contribution is -0.155. The standard InChI is InChI=1S/C32H54O6/c1-13-31(9,10)27(33)37-19-15-17-35-25-21-24(30(6,7)8)26(22-23(25)29(3,4)5)36-18-16-20-38-28(34)32(11,12)14-2/h21-22H,13-20H2,1-12H3. The van der Waals surface area contributed by atoms with Crippen LogP contribution in [0, 0.1) is 10.8 Å². The van der Waals surface area contributed by atoms with Crippen LogP contribution in [0.1, 0.15) is 120 Å². The molecule has 0 saturated heterocycles. The Balaban J connectivity index is 2.93. The van der Waals surface area contributed by atoms with Crippen LogP contribution in [0.4, 0.5) is 0 Å². The van der Waals surface area contributed by atoms with Crippen LogP contribution in [0.3, 0.4) is 0 Å². The SMILES string of the molecule is CCC(C)(C)C(=O)OCCCOc1cc(C(C)(C)C)c(OCCCOC(=O)C(C)(C)CC)cc1C(C)(C)C. The molecule has 6 heteroatoms. The molecule has 0 N–H and O–H groups in total. The summed E-state index contributed by atoms with van der Waals surface area (Å²) in [6.45, 7) is 26.1. The van der Waals surface area contributed by atoms with E-state index >= 15 is 0 Å². The van der Waals surface area contributed by atoms with Crippen LogP contribution in [0.5, 0.6) is 11.5 Å². The summed E-state index contributed by atoms with van der Waals surface area (Å²) in [5, 5.41) is 0. The molecule has 0 aliphatic rings. The number of carbonyl (C=O) groups is 2. The summed E-state index contributed by atoms with van der Waals surface area (Å²) in [6, 6.07) is 4.18. The van der Waals surface area contributed by atoms with E-state index < -0.39 is 10.8 Å². The van der Waals surface area contributed by atoms with Gasteiger partial charge in [-0.25, -0.2) is 0 Å². The lowest BCUT2D eigenvalue weighted by Gasteiger charge is -2.29. The highest BCUT2D eigenvalue weighted by molar-refractivity contribution is 5.76. The van der Waals surface area contributed by atoms with E-state index in [0.717, 1.165) is 35.5 Å². The largest absolute Gasteiger partial charge is 0.493 e. The van der Waals surface area contributed by atoms with Gasteiger partial charge in [0.1, 0.15) is 11.5 Å². The zero-order chi connectivity index (χ0) is 29.4. The van der Waals surface area contributed by atoms with Gasteiger partial charge in [-0.2, -0.15) is 0 Å². The van der Waals surface area contributed by atoms with Crippen LogP contribution in [0.2, 0.25) is 0 Å². The molecule has 0 heterocycles. The molecule has 38 heavy (non-hydrogen) atoms.